The first kappa shape index (κ1) is 20.3. The summed E-state index contributed by atoms with van der Waals surface area (Å²) in [5.41, 5.74) is 2.93. The van der Waals surface area contributed by atoms with E-state index >= 15 is 0 Å². The summed E-state index contributed by atoms with van der Waals surface area (Å²) in [6, 6.07) is 19.4. The Bertz CT molecular complexity index is 938. The Kier molecular flexibility index (Phi) is 6.79. The number of likely N-dealkylation sites (N-methyl/N-ethyl adjacent to an activating group) is 1. The van der Waals surface area contributed by atoms with E-state index in [0.717, 1.165) is 16.8 Å². The van der Waals surface area contributed by atoms with Crippen LogP contribution in [0.4, 0.5) is 0 Å². The predicted octanol–water partition coefficient (Wildman–Crippen LogP) is 3.57. The van der Waals surface area contributed by atoms with Crippen molar-refractivity contribution in [2.45, 2.75) is 25.8 Å². The van der Waals surface area contributed by atoms with E-state index in [2.05, 4.69) is 5.10 Å². The zero-order chi connectivity index (χ0) is 20.6. The number of benzene rings is 2. The maximum absolute atomic E-state index is 12.3. The van der Waals surface area contributed by atoms with Gasteiger partial charge >= 0.3 is 5.97 Å². The summed E-state index contributed by atoms with van der Waals surface area (Å²) in [6.07, 6.45) is 4.34. The Balaban J connectivity index is 1.44. The zero-order valence-electron chi connectivity index (χ0n) is 16.7. The number of amides is 1. The third kappa shape index (κ3) is 5.54. The fourth-order valence-electron chi connectivity index (χ4n) is 2.94. The van der Waals surface area contributed by atoms with Gasteiger partial charge in [0.15, 0.2) is 6.61 Å². The van der Waals surface area contributed by atoms with E-state index in [0.29, 0.717) is 6.42 Å². The molecule has 6 nitrogen and oxygen atoms in total. The van der Waals surface area contributed by atoms with E-state index in [4.69, 9.17) is 4.74 Å². The molecule has 3 aromatic rings. The molecule has 0 saturated carbocycles. The van der Waals surface area contributed by atoms with Crippen molar-refractivity contribution < 1.29 is 14.3 Å². The molecule has 0 aliphatic carbocycles. The SMILES string of the molecule is CC(c1ccccc1)N(C)C(=O)COC(=O)CCc1cnn(-c2ccccc2)c1. The molecule has 0 aliphatic heterocycles. The van der Waals surface area contributed by atoms with Crippen molar-refractivity contribution in [1.82, 2.24) is 14.7 Å². The van der Waals surface area contributed by atoms with Gasteiger partial charge in [0, 0.05) is 19.7 Å². The molecule has 150 valence electrons. The van der Waals surface area contributed by atoms with Crippen LogP contribution < -0.4 is 0 Å². The zero-order valence-corrected chi connectivity index (χ0v) is 16.7. The highest BCUT2D eigenvalue weighted by Crippen LogP contribution is 2.18. The number of para-hydroxylation sites is 1. The summed E-state index contributed by atoms with van der Waals surface area (Å²) >= 11 is 0. The summed E-state index contributed by atoms with van der Waals surface area (Å²) in [4.78, 5) is 26.0. The highest BCUT2D eigenvalue weighted by Gasteiger charge is 2.18. The van der Waals surface area contributed by atoms with Crippen LogP contribution in [-0.2, 0) is 20.7 Å². The van der Waals surface area contributed by atoms with Gasteiger partial charge in [-0.05, 0) is 36.6 Å². The molecule has 1 unspecified atom stereocenters. The minimum absolute atomic E-state index is 0.0915. The van der Waals surface area contributed by atoms with E-state index in [1.54, 1.807) is 22.8 Å². The van der Waals surface area contributed by atoms with Crippen LogP contribution in [0.15, 0.2) is 73.1 Å². The summed E-state index contributed by atoms with van der Waals surface area (Å²) in [6.45, 7) is 1.69. The van der Waals surface area contributed by atoms with E-state index < -0.39 is 5.97 Å². The lowest BCUT2D eigenvalue weighted by atomic mass is 10.1. The van der Waals surface area contributed by atoms with Gasteiger partial charge in [-0.1, -0.05) is 48.5 Å². The number of ether oxygens (including phenoxy) is 1. The first-order chi connectivity index (χ1) is 14.0. The van der Waals surface area contributed by atoms with Crippen LogP contribution in [-0.4, -0.2) is 40.2 Å². The standard InChI is InChI=1S/C23H25N3O3/c1-18(20-9-5-3-6-10-20)25(2)22(27)17-29-23(28)14-13-19-15-24-26(16-19)21-11-7-4-8-12-21/h3-12,15-16,18H,13-14,17H2,1-2H3. The Hall–Kier alpha value is -3.41. The van der Waals surface area contributed by atoms with Crippen molar-refractivity contribution in [3.8, 4) is 5.69 Å². The molecule has 0 radical (unpaired) electrons. The second-order valence-electron chi connectivity index (χ2n) is 6.88. The summed E-state index contributed by atoms with van der Waals surface area (Å²) in [7, 11) is 1.71. The quantitative estimate of drug-likeness (QED) is 0.551. The lowest BCUT2D eigenvalue weighted by molar-refractivity contribution is -0.152. The van der Waals surface area contributed by atoms with Crippen molar-refractivity contribution in [2.75, 3.05) is 13.7 Å². The lowest BCUT2D eigenvalue weighted by Crippen LogP contribution is -2.33. The van der Waals surface area contributed by atoms with E-state index in [9.17, 15) is 9.59 Å². The summed E-state index contributed by atoms with van der Waals surface area (Å²) in [5.74, 6) is -0.627. The van der Waals surface area contributed by atoms with Crippen LogP contribution in [0.1, 0.15) is 30.5 Å². The Morgan fingerprint density at radius 2 is 1.72 bits per heavy atom. The maximum atomic E-state index is 12.3. The second-order valence-corrected chi connectivity index (χ2v) is 6.88. The molecule has 3 rings (SSSR count). The Morgan fingerprint density at radius 1 is 1.07 bits per heavy atom. The molecule has 2 aromatic carbocycles. The molecule has 0 N–H and O–H groups in total. The van der Waals surface area contributed by atoms with Crippen LogP contribution >= 0.6 is 0 Å². The molecular weight excluding hydrogens is 366 g/mol. The van der Waals surface area contributed by atoms with Gasteiger partial charge in [0.1, 0.15) is 0 Å². The number of hydrogen-bond acceptors (Lipinski definition) is 4. The van der Waals surface area contributed by atoms with Crippen molar-refractivity contribution >= 4 is 11.9 Å². The molecule has 0 aliphatic rings. The molecule has 1 atom stereocenters. The molecule has 0 saturated heterocycles. The first-order valence-corrected chi connectivity index (χ1v) is 9.60. The molecular formula is C23H25N3O3. The van der Waals surface area contributed by atoms with Crippen LogP contribution in [0.2, 0.25) is 0 Å². The minimum Gasteiger partial charge on any atom is -0.456 e. The summed E-state index contributed by atoms with van der Waals surface area (Å²) in [5, 5.41) is 4.31. The van der Waals surface area contributed by atoms with Gasteiger partial charge in [-0.3, -0.25) is 9.59 Å². The fourth-order valence-corrected chi connectivity index (χ4v) is 2.94. The smallest absolute Gasteiger partial charge is 0.306 e. The number of nitrogens with zero attached hydrogens (tertiary/aromatic N) is 3. The van der Waals surface area contributed by atoms with Gasteiger partial charge in [-0.25, -0.2) is 4.68 Å². The molecule has 1 amide bonds. The predicted molar refractivity (Wildman–Crippen MR) is 110 cm³/mol. The highest BCUT2D eigenvalue weighted by molar-refractivity contribution is 5.80. The van der Waals surface area contributed by atoms with Gasteiger partial charge in [0.2, 0.25) is 0 Å². The average molecular weight is 391 g/mol. The molecule has 29 heavy (non-hydrogen) atoms. The van der Waals surface area contributed by atoms with Crippen molar-refractivity contribution in [3.05, 3.63) is 84.2 Å². The number of esters is 1. The van der Waals surface area contributed by atoms with Gasteiger partial charge in [0.05, 0.1) is 17.9 Å². The van der Waals surface area contributed by atoms with Crippen molar-refractivity contribution in [2.24, 2.45) is 0 Å². The molecule has 0 bridgehead atoms. The molecule has 0 fully saturated rings. The minimum atomic E-state index is -0.397. The molecule has 0 spiro atoms. The fraction of sp³-hybridized carbons (Fsp3) is 0.261. The van der Waals surface area contributed by atoms with Gasteiger partial charge in [-0.15, -0.1) is 0 Å². The van der Waals surface area contributed by atoms with Crippen LogP contribution in [0.5, 0.6) is 0 Å². The molecule has 6 heteroatoms. The van der Waals surface area contributed by atoms with Crippen LogP contribution in [0.25, 0.3) is 5.69 Å². The van der Waals surface area contributed by atoms with Gasteiger partial charge in [-0.2, -0.15) is 5.10 Å². The average Bonchev–Trinajstić information content (AvgIpc) is 3.25. The largest absolute Gasteiger partial charge is 0.456 e. The van der Waals surface area contributed by atoms with E-state index in [1.807, 2.05) is 73.8 Å². The molecule has 1 aromatic heterocycles. The van der Waals surface area contributed by atoms with Crippen molar-refractivity contribution in [3.63, 3.8) is 0 Å². The second kappa shape index (κ2) is 9.68. The Morgan fingerprint density at radius 3 is 2.41 bits per heavy atom. The molecule has 1 heterocycles. The third-order valence-electron chi connectivity index (χ3n) is 4.89. The van der Waals surface area contributed by atoms with Gasteiger partial charge in [0.25, 0.3) is 5.91 Å². The number of rotatable bonds is 8. The van der Waals surface area contributed by atoms with Crippen molar-refractivity contribution in [1.29, 1.82) is 0 Å². The van der Waals surface area contributed by atoms with Crippen LogP contribution in [0.3, 0.4) is 0 Å². The Labute approximate surface area is 170 Å². The topological polar surface area (TPSA) is 64.4 Å². The summed E-state index contributed by atoms with van der Waals surface area (Å²) < 4.78 is 6.93. The van der Waals surface area contributed by atoms with E-state index in [1.165, 1.54) is 0 Å². The number of carbonyl (C=O) groups is 2. The number of aromatic nitrogens is 2. The van der Waals surface area contributed by atoms with E-state index in [-0.39, 0.29) is 25.0 Å². The maximum Gasteiger partial charge on any atom is 0.306 e. The number of aryl methyl sites for hydroxylation is 1. The third-order valence-corrected chi connectivity index (χ3v) is 4.89. The van der Waals surface area contributed by atoms with Gasteiger partial charge < -0.3 is 9.64 Å². The monoisotopic (exact) mass is 391 g/mol. The normalized spacial score (nSPS) is 11.7. The first-order valence-electron chi connectivity index (χ1n) is 9.60. The highest BCUT2D eigenvalue weighted by atomic mass is 16.5. The lowest BCUT2D eigenvalue weighted by Gasteiger charge is -2.25. The number of hydrogen-bond donors (Lipinski definition) is 0. The number of carbonyl (C=O) groups excluding carboxylic acids is 2. The van der Waals surface area contributed by atoms with Crippen LogP contribution in [0, 0.1) is 0 Å².